The Labute approximate surface area is 140 Å². The van der Waals surface area contributed by atoms with Crippen LogP contribution in [0, 0.1) is 0 Å². The summed E-state index contributed by atoms with van der Waals surface area (Å²) >= 11 is -1.16. The molecule has 0 aliphatic carbocycles. The summed E-state index contributed by atoms with van der Waals surface area (Å²) in [6.07, 6.45) is -5.15. The van der Waals surface area contributed by atoms with Crippen LogP contribution in [0.2, 0.25) is 0 Å². The maximum absolute atomic E-state index is 9.50. The topological polar surface area (TPSA) is 162 Å². The van der Waals surface area contributed by atoms with Crippen molar-refractivity contribution >= 4 is 81.3 Å². The van der Waals surface area contributed by atoms with Crippen molar-refractivity contribution in [3.63, 3.8) is 0 Å². The van der Waals surface area contributed by atoms with E-state index in [0.717, 1.165) is 0 Å². The van der Waals surface area contributed by atoms with Gasteiger partial charge < -0.3 is 30.0 Å². The minimum atomic E-state index is -2.33. The zero-order valence-electron chi connectivity index (χ0n) is 6.70. The molecule has 0 unspecified atom stereocenters. The van der Waals surface area contributed by atoms with Crippen molar-refractivity contribution in [2.45, 2.75) is 0 Å². The second-order valence-electron chi connectivity index (χ2n) is 1.04. The van der Waals surface area contributed by atoms with E-state index in [2.05, 4.69) is 5.37 Å². The second kappa shape index (κ2) is 17.1. The molecule has 0 N–H and O–H groups in total. The molecule has 82 valence electrons. The summed E-state index contributed by atoms with van der Waals surface area (Å²) in [5.74, 6) is 0. The van der Waals surface area contributed by atoms with Crippen molar-refractivity contribution in [1.29, 1.82) is 0 Å². The Morgan fingerprint density at radius 1 is 1.00 bits per heavy atom. The van der Waals surface area contributed by atoms with Crippen LogP contribution in [0.25, 0.3) is 0 Å². The van der Waals surface area contributed by atoms with Crippen LogP contribution in [-0.4, -0.2) is 81.3 Å². The number of carbonyl (C=O) groups is 3. The number of hydrogen-bond donors (Lipinski definition) is 0. The molecule has 0 aromatic carbocycles. The van der Waals surface area contributed by atoms with Gasteiger partial charge in [-0.2, -0.15) is 0 Å². The summed E-state index contributed by atoms with van der Waals surface area (Å²) < 4.78 is 8.53. The molecule has 0 bridgehead atoms. The third-order valence-electron chi connectivity index (χ3n) is 0.250. The molecule has 9 nitrogen and oxygen atoms in total. The predicted molar refractivity (Wildman–Crippen MR) is 29.9 cm³/mol. The molecular weight excluding hydrogens is 534 g/mol. The van der Waals surface area contributed by atoms with E-state index in [4.69, 9.17) is 30.0 Å². The van der Waals surface area contributed by atoms with Crippen molar-refractivity contribution in [3.05, 3.63) is 0 Å². The zero-order valence-corrected chi connectivity index (χ0v) is 14.3. The normalized spacial score (nSPS) is 9.47. The maximum Gasteiger partial charge on any atom is 2.00 e. The van der Waals surface area contributed by atoms with Gasteiger partial charge in [-0.05, 0) is 12.3 Å². The van der Waals surface area contributed by atoms with Crippen molar-refractivity contribution < 1.29 is 60.6 Å². The molecule has 15 heavy (non-hydrogen) atoms. The monoisotopic (exact) mass is 534 g/mol. The summed E-state index contributed by atoms with van der Waals surface area (Å²) in [6.45, 7) is 0. The zero-order chi connectivity index (χ0) is 10.9. The number of carbonyl (C=O) groups excluding carboxylic acids is 3. The molecule has 0 aromatic heterocycles. The van der Waals surface area contributed by atoms with Crippen LogP contribution in [0.3, 0.4) is 0 Å². The van der Waals surface area contributed by atoms with Gasteiger partial charge in [0, 0.05) is 0 Å². The predicted octanol–water partition coefficient (Wildman–Crippen LogP) is -5.59. The summed E-state index contributed by atoms with van der Waals surface area (Å²) in [5, 5.41) is 33.3. The second-order valence-corrected chi connectivity index (χ2v) is 3.27. The fraction of sp³-hybridized carbons (Fsp3) is 0. The van der Waals surface area contributed by atoms with Gasteiger partial charge in [-0.15, -0.1) is 0 Å². The van der Waals surface area contributed by atoms with Crippen molar-refractivity contribution in [2.75, 3.05) is 0 Å². The van der Waals surface area contributed by atoms with Crippen LogP contribution in [0.1, 0.15) is 0 Å². The van der Waals surface area contributed by atoms with E-state index in [1.807, 2.05) is 0 Å². The van der Waals surface area contributed by atoms with Crippen molar-refractivity contribution in [2.24, 2.45) is 0 Å². The largest absolute Gasteiger partial charge is 2.00 e. The van der Waals surface area contributed by atoms with Gasteiger partial charge in [0.15, 0.2) is 0 Å². The fourth-order valence-corrected chi connectivity index (χ4v) is 0.664. The van der Waals surface area contributed by atoms with Crippen LogP contribution in [0.5, 0.6) is 0 Å². The standard InChI is InChI=1S/3CH2O3.Ca.Pb.Pd/c3*2-1(3)4;;;/h3*(H2,2,3,4);;;/q;;;3*+2/p-6. The Hall–Kier alpha value is 0.654. The van der Waals surface area contributed by atoms with Crippen molar-refractivity contribution in [1.82, 2.24) is 0 Å². The number of rotatable bonds is 0. The average Bonchev–Trinajstić information content (AvgIpc) is 1.80. The van der Waals surface area contributed by atoms with E-state index in [1.165, 1.54) is 0 Å². The molecule has 0 amide bonds. The number of hydrogen-bond acceptors (Lipinski definition) is 9. The van der Waals surface area contributed by atoms with Gasteiger partial charge in [-0.3, -0.25) is 0 Å². The quantitative estimate of drug-likeness (QED) is 0.276. The molecule has 1 fully saturated rings. The molecule has 1 saturated heterocycles. The molecule has 1 aliphatic heterocycles. The van der Waals surface area contributed by atoms with Gasteiger partial charge in [0.05, 0.1) is 0 Å². The van der Waals surface area contributed by atoms with Gasteiger partial charge in [0.1, 0.15) is 0 Å². The summed E-state index contributed by atoms with van der Waals surface area (Å²) in [7, 11) is 0. The van der Waals surface area contributed by atoms with Crippen molar-refractivity contribution in [3.8, 4) is 0 Å². The summed E-state index contributed by atoms with van der Waals surface area (Å²) in [5.41, 5.74) is 0. The van der Waals surface area contributed by atoms with Crippen LogP contribution >= 0.6 is 0 Å². The molecule has 1 heterocycles. The SMILES string of the molecule is O=C([O-])[O-].O=C([O-])[O-].O=C1[O][Pb][O]1.[Ca+2].[Pd+2]. The Balaban J connectivity index is -0.0000000575. The van der Waals surface area contributed by atoms with Gasteiger partial charge >= 0.3 is 99.6 Å². The smallest absolute Gasteiger partial charge is 2.00 e. The third-order valence-corrected chi connectivity index (χ3v) is 2.19. The Kier molecular flexibility index (Phi) is 28.2. The molecule has 0 atom stereocenters. The minimum Gasteiger partial charge on any atom is 2.00 e. The molecule has 1 aliphatic rings. The molecule has 2 radical (unpaired) electrons. The van der Waals surface area contributed by atoms with E-state index < -0.39 is 43.6 Å². The summed E-state index contributed by atoms with van der Waals surface area (Å²) in [6, 6.07) is 0. The van der Waals surface area contributed by atoms with E-state index >= 15 is 0 Å². The first-order chi connectivity index (χ1) is 5.86. The minimum absolute atomic E-state index is 0. The van der Waals surface area contributed by atoms with Gasteiger partial charge in [-0.1, -0.05) is 0 Å². The number of carboxylic acid groups (broad SMARTS) is 4. The fourth-order valence-electron chi connectivity index (χ4n) is 0.0757. The van der Waals surface area contributed by atoms with Crippen LogP contribution < -0.4 is 20.4 Å². The van der Waals surface area contributed by atoms with Crippen LogP contribution in [-0.2, 0) is 25.8 Å². The first-order valence-electron chi connectivity index (χ1n) is 2.25. The molecule has 0 spiro atoms. The molecule has 0 saturated carbocycles. The molecule has 0 aromatic rings. The van der Waals surface area contributed by atoms with E-state index in [9.17, 15) is 4.79 Å². The molecular formula is C3CaO9PbPd. The maximum atomic E-state index is 9.50. The third kappa shape index (κ3) is 53.0. The van der Waals surface area contributed by atoms with Gasteiger partial charge in [0.2, 0.25) is 0 Å². The molecule has 12 heteroatoms. The Bertz CT molecular complexity index is 172. The van der Waals surface area contributed by atoms with Crippen LogP contribution in [0.4, 0.5) is 14.4 Å². The average molecular weight is 534 g/mol. The van der Waals surface area contributed by atoms with Gasteiger partial charge in [0.25, 0.3) is 0 Å². The van der Waals surface area contributed by atoms with Crippen LogP contribution in [0.15, 0.2) is 0 Å². The first-order valence-corrected chi connectivity index (χ1v) is 5.42. The first kappa shape index (κ1) is 24.8. The van der Waals surface area contributed by atoms with E-state index in [-0.39, 0.29) is 58.2 Å². The van der Waals surface area contributed by atoms with E-state index in [0.29, 0.717) is 0 Å². The Morgan fingerprint density at radius 3 is 1.13 bits per heavy atom. The van der Waals surface area contributed by atoms with E-state index in [1.54, 1.807) is 0 Å². The summed E-state index contributed by atoms with van der Waals surface area (Å²) in [4.78, 5) is 26.2. The molecule has 1 rings (SSSR count). The van der Waals surface area contributed by atoms with Gasteiger partial charge in [-0.25, -0.2) is 0 Å². The Morgan fingerprint density at radius 2 is 1.13 bits per heavy atom.